The summed E-state index contributed by atoms with van der Waals surface area (Å²) in [5.74, 6) is 1.63. The second-order valence-corrected chi connectivity index (χ2v) is 5.87. The maximum absolute atomic E-state index is 11.7. The van der Waals surface area contributed by atoms with Crippen molar-refractivity contribution in [2.45, 2.75) is 27.7 Å². The number of aryl methyl sites for hydroxylation is 1. The average molecular weight is 325 g/mol. The molecule has 0 saturated carbocycles. The number of carbonyl (C=O) groups excluding carboxylic acids is 1. The lowest BCUT2D eigenvalue weighted by Gasteiger charge is -2.12. The second-order valence-electron chi connectivity index (χ2n) is 5.87. The zero-order valence-electron chi connectivity index (χ0n) is 14.1. The predicted octanol–water partition coefficient (Wildman–Crippen LogP) is 3.13. The molecule has 7 heteroatoms. The molecule has 0 bridgehead atoms. The number of anilines is 1. The van der Waals surface area contributed by atoms with E-state index in [1.807, 2.05) is 27.7 Å². The molecule has 1 amide bonds. The van der Waals surface area contributed by atoms with Gasteiger partial charge in [0, 0.05) is 22.9 Å². The van der Waals surface area contributed by atoms with E-state index in [-0.39, 0.29) is 11.8 Å². The van der Waals surface area contributed by atoms with Gasteiger partial charge in [0.15, 0.2) is 0 Å². The number of hydrogen-bond donors (Lipinski definition) is 1. The molecule has 0 aliphatic rings. The summed E-state index contributed by atoms with van der Waals surface area (Å²) in [5.41, 5.74) is 2.46. The highest BCUT2D eigenvalue weighted by Crippen LogP contribution is 2.27. The zero-order valence-corrected chi connectivity index (χ0v) is 14.1. The quantitative estimate of drug-likeness (QED) is 0.797. The molecule has 7 nitrogen and oxygen atoms in total. The van der Waals surface area contributed by atoms with Gasteiger partial charge in [-0.3, -0.25) is 4.79 Å². The average Bonchev–Trinajstić information content (AvgIpc) is 3.01. The molecular formula is C17H19N5O2. The molecule has 0 radical (unpaired) electrons. The Morgan fingerprint density at radius 1 is 1.21 bits per heavy atom. The van der Waals surface area contributed by atoms with Gasteiger partial charge >= 0.3 is 0 Å². The molecule has 0 fully saturated rings. The van der Waals surface area contributed by atoms with Gasteiger partial charge in [0.1, 0.15) is 12.1 Å². The molecule has 1 N–H and O–H groups in total. The molecule has 3 aromatic rings. The third-order valence-electron chi connectivity index (χ3n) is 3.71. The summed E-state index contributed by atoms with van der Waals surface area (Å²) in [6.07, 6.45) is 1.44. The number of nitrogens with zero attached hydrogens (tertiary/aromatic N) is 4. The Labute approximate surface area is 139 Å². The number of fused-ring (bicyclic) bond motifs is 1. The number of amides is 1. The van der Waals surface area contributed by atoms with Crippen LogP contribution in [0.4, 0.5) is 5.69 Å². The fraction of sp³-hybridized carbons (Fsp3) is 0.294. The molecule has 0 aliphatic heterocycles. The first-order valence-electron chi connectivity index (χ1n) is 7.71. The lowest BCUT2D eigenvalue weighted by Crippen LogP contribution is -2.17. The largest absolute Gasteiger partial charge is 0.439 e. The molecule has 0 spiro atoms. The van der Waals surface area contributed by atoms with E-state index in [4.69, 9.17) is 4.74 Å². The van der Waals surface area contributed by atoms with Crippen LogP contribution in [0.1, 0.15) is 25.1 Å². The number of nitrogens with one attached hydrogen (secondary N) is 1. The molecule has 1 aromatic carbocycles. The second kappa shape index (κ2) is 6.27. The molecule has 2 heterocycles. The van der Waals surface area contributed by atoms with Gasteiger partial charge in [0.2, 0.25) is 11.8 Å². The first kappa shape index (κ1) is 15.9. The first-order valence-corrected chi connectivity index (χ1v) is 7.71. The summed E-state index contributed by atoms with van der Waals surface area (Å²) in [6, 6.07) is 7.21. The van der Waals surface area contributed by atoms with Gasteiger partial charge in [-0.25, -0.2) is 4.98 Å². The zero-order chi connectivity index (χ0) is 17.3. The fourth-order valence-electron chi connectivity index (χ4n) is 2.13. The fourth-order valence-corrected chi connectivity index (χ4v) is 2.13. The normalized spacial score (nSPS) is 11.0. The van der Waals surface area contributed by atoms with E-state index >= 15 is 0 Å². The summed E-state index contributed by atoms with van der Waals surface area (Å²) >= 11 is 0. The predicted molar refractivity (Wildman–Crippen MR) is 90.2 cm³/mol. The van der Waals surface area contributed by atoms with E-state index in [0.717, 1.165) is 16.9 Å². The number of benzene rings is 1. The molecule has 0 unspecified atom stereocenters. The van der Waals surface area contributed by atoms with Crippen LogP contribution in [-0.2, 0) is 4.79 Å². The molecule has 124 valence electrons. The lowest BCUT2D eigenvalue weighted by atomic mass is 10.2. The van der Waals surface area contributed by atoms with E-state index < -0.39 is 0 Å². The maximum atomic E-state index is 11.7. The van der Waals surface area contributed by atoms with Crippen molar-refractivity contribution in [3.8, 4) is 11.6 Å². The third kappa shape index (κ3) is 3.05. The minimum atomic E-state index is -0.0658. The molecule has 0 atom stereocenters. The standard InChI is InChI=1S/C17H19N5O2/c1-10(2)15(23)21-13-5-7-14(8-6-13)24-16-11(3)12(4)20-17-18-9-19-22(16)17/h5-10H,1-4H3,(H,21,23). The summed E-state index contributed by atoms with van der Waals surface area (Å²) < 4.78 is 7.54. The maximum Gasteiger partial charge on any atom is 0.255 e. The smallest absolute Gasteiger partial charge is 0.255 e. The Kier molecular flexibility index (Phi) is 4.16. The van der Waals surface area contributed by atoms with E-state index in [1.165, 1.54) is 6.33 Å². The van der Waals surface area contributed by atoms with E-state index in [0.29, 0.717) is 17.4 Å². The number of ether oxygens (including phenoxy) is 1. The Balaban J connectivity index is 1.86. The van der Waals surface area contributed by atoms with Crippen molar-refractivity contribution < 1.29 is 9.53 Å². The number of hydrogen-bond acceptors (Lipinski definition) is 5. The van der Waals surface area contributed by atoms with Crippen molar-refractivity contribution in [1.29, 1.82) is 0 Å². The summed E-state index contributed by atoms with van der Waals surface area (Å²) in [4.78, 5) is 20.2. The topological polar surface area (TPSA) is 81.4 Å². The van der Waals surface area contributed by atoms with Crippen LogP contribution in [0.15, 0.2) is 30.6 Å². The Morgan fingerprint density at radius 3 is 2.58 bits per heavy atom. The van der Waals surface area contributed by atoms with Crippen LogP contribution in [0.2, 0.25) is 0 Å². The van der Waals surface area contributed by atoms with Crippen molar-refractivity contribution in [2.75, 3.05) is 5.32 Å². The minimum absolute atomic E-state index is 0.0198. The summed E-state index contributed by atoms with van der Waals surface area (Å²) in [5, 5.41) is 7.00. The number of aromatic nitrogens is 4. The third-order valence-corrected chi connectivity index (χ3v) is 3.71. The van der Waals surface area contributed by atoms with E-state index in [1.54, 1.807) is 28.8 Å². The highest BCUT2D eigenvalue weighted by atomic mass is 16.5. The van der Waals surface area contributed by atoms with Crippen molar-refractivity contribution in [3.63, 3.8) is 0 Å². The first-order chi connectivity index (χ1) is 11.5. The molecule has 0 saturated heterocycles. The molecule has 24 heavy (non-hydrogen) atoms. The minimum Gasteiger partial charge on any atom is -0.439 e. The summed E-state index contributed by atoms with van der Waals surface area (Å²) in [7, 11) is 0. The van der Waals surface area contributed by atoms with Crippen molar-refractivity contribution in [3.05, 3.63) is 41.9 Å². The van der Waals surface area contributed by atoms with Crippen molar-refractivity contribution >= 4 is 17.4 Å². The number of carbonyl (C=O) groups is 1. The van der Waals surface area contributed by atoms with Crippen LogP contribution < -0.4 is 10.1 Å². The summed E-state index contributed by atoms with van der Waals surface area (Å²) in [6.45, 7) is 7.53. The van der Waals surface area contributed by atoms with Crippen LogP contribution in [0.5, 0.6) is 11.6 Å². The van der Waals surface area contributed by atoms with Crippen LogP contribution in [0.3, 0.4) is 0 Å². The van der Waals surface area contributed by atoms with Crippen molar-refractivity contribution in [1.82, 2.24) is 19.6 Å². The van der Waals surface area contributed by atoms with Crippen LogP contribution >= 0.6 is 0 Å². The Bertz CT molecular complexity index is 884. The SMILES string of the molecule is Cc1nc2ncnn2c(Oc2ccc(NC(=O)C(C)C)cc2)c1C. The highest BCUT2D eigenvalue weighted by Gasteiger charge is 2.13. The highest BCUT2D eigenvalue weighted by molar-refractivity contribution is 5.92. The monoisotopic (exact) mass is 325 g/mol. The van der Waals surface area contributed by atoms with Gasteiger partial charge in [-0.05, 0) is 38.1 Å². The van der Waals surface area contributed by atoms with Crippen LogP contribution in [-0.4, -0.2) is 25.5 Å². The van der Waals surface area contributed by atoms with Gasteiger partial charge in [0.25, 0.3) is 5.78 Å². The van der Waals surface area contributed by atoms with Crippen LogP contribution in [0, 0.1) is 19.8 Å². The molecular weight excluding hydrogens is 306 g/mol. The van der Waals surface area contributed by atoms with E-state index in [9.17, 15) is 4.79 Å². The molecule has 3 rings (SSSR count). The molecule has 0 aliphatic carbocycles. The van der Waals surface area contributed by atoms with Gasteiger partial charge in [0.05, 0.1) is 0 Å². The van der Waals surface area contributed by atoms with Crippen molar-refractivity contribution in [2.24, 2.45) is 5.92 Å². The Morgan fingerprint density at radius 2 is 1.92 bits per heavy atom. The lowest BCUT2D eigenvalue weighted by molar-refractivity contribution is -0.118. The van der Waals surface area contributed by atoms with Gasteiger partial charge < -0.3 is 10.1 Å². The molecule has 2 aromatic heterocycles. The van der Waals surface area contributed by atoms with Gasteiger partial charge in [-0.2, -0.15) is 14.6 Å². The van der Waals surface area contributed by atoms with E-state index in [2.05, 4.69) is 20.4 Å². The Hall–Kier alpha value is -2.96. The van der Waals surface area contributed by atoms with Gasteiger partial charge in [-0.1, -0.05) is 13.8 Å². The number of rotatable bonds is 4. The van der Waals surface area contributed by atoms with Crippen LogP contribution in [0.25, 0.3) is 5.78 Å². The van der Waals surface area contributed by atoms with Gasteiger partial charge in [-0.15, -0.1) is 0 Å².